The normalized spacial score (nSPS) is 22.4. The molecule has 1 fully saturated rings. The Balaban J connectivity index is 1.44. The van der Waals surface area contributed by atoms with Crippen LogP contribution >= 0.6 is 0 Å². The third-order valence-electron chi connectivity index (χ3n) is 6.78. The summed E-state index contributed by atoms with van der Waals surface area (Å²) in [4.78, 5) is 25.2. The predicted octanol–water partition coefficient (Wildman–Crippen LogP) is 2.98. The van der Waals surface area contributed by atoms with Crippen LogP contribution in [0.2, 0.25) is 0 Å². The second kappa shape index (κ2) is 8.99. The summed E-state index contributed by atoms with van der Waals surface area (Å²) in [7, 11) is 0. The molecule has 0 saturated carbocycles. The molecule has 0 aromatic carbocycles. The van der Waals surface area contributed by atoms with E-state index in [0.717, 1.165) is 60.6 Å². The van der Waals surface area contributed by atoms with Crippen LogP contribution in [0.1, 0.15) is 61.8 Å². The molecule has 1 aliphatic carbocycles. The molecule has 7 heteroatoms. The maximum absolute atomic E-state index is 12.9. The van der Waals surface area contributed by atoms with Crippen molar-refractivity contribution >= 4 is 11.9 Å². The Bertz CT molecular complexity index is 921. The van der Waals surface area contributed by atoms with Gasteiger partial charge in [0.1, 0.15) is 0 Å². The van der Waals surface area contributed by atoms with E-state index < -0.39 is 0 Å². The molecule has 0 radical (unpaired) electrons. The summed E-state index contributed by atoms with van der Waals surface area (Å²) in [6.07, 6.45) is 8.06. The molecule has 1 N–H and O–H groups in total. The third kappa shape index (κ3) is 4.47. The number of nitrogens with zero attached hydrogens (tertiary/aromatic N) is 2. The fourth-order valence-electron chi connectivity index (χ4n) is 4.97. The number of hydrogen-bond acceptors (Lipinski definition) is 5. The summed E-state index contributed by atoms with van der Waals surface area (Å²) in [5.74, 6) is -0.150. The maximum atomic E-state index is 12.9. The van der Waals surface area contributed by atoms with Gasteiger partial charge in [0.15, 0.2) is 0 Å². The molecule has 4 rings (SSSR count). The van der Waals surface area contributed by atoms with Crippen molar-refractivity contribution in [3.63, 3.8) is 0 Å². The Hall–Kier alpha value is -2.41. The van der Waals surface area contributed by atoms with Gasteiger partial charge in [0, 0.05) is 44.2 Å². The highest BCUT2D eigenvalue weighted by atomic mass is 16.5. The molecule has 1 unspecified atom stereocenters. The largest absolute Gasteiger partial charge is 0.462 e. The number of ether oxygens (including phenoxy) is 2. The topological polar surface area (TPSA) is 82.5 Å². The fraction of sp³-hybridized carbons (Fsp3) is 0.625. The third-order valence-corrected chi connectivity index (χ3v) is 6.78. The van der Waals surface area contributed by atoms with Crippen LogP contribution in [-0.4, -0.2) is 48.0 Å². The lowest BCUT2D eigenvalue weighted by molar-refractivity contribution is -0.139. The molecule has 1 aromatic heterocycles. The summed E-state index contributed by atoms with van der Waals surface area (Å²) in [6.45, 7) is 9.15. The monoisotopic (exact) mass is 427 g/mol. The Labute approximate surface area is 183 Å². The smallest absolute Gasteiger partial charge is 0.334 e. The van der Waals surface area contributed by atoms with Crippen LogP contribution in [-0.2, 0) is 33.7 Å². The number of hydrogen-bond donors (Lipinski definition) is 1. The number of nitrogens with one attached hydrogen (secondary N) is 1. The standard InChI is InChI=1S/C24H33N3O4/c1-4-19-21-20(14-24(15-25-22(21)28)6-10-30-11-7-24)27(26-19)8-5-9-31-23(29)18-13-16(2)12-17(18)3/h12-13,17H,4-11,14-15H2,1-3H3,(H,25,28). The first kappa shape index (κ1) is 21.8. The van der Waals surface area contributed by atoms with E-state index in [9.17, 15) is 9.59 Å². The van der Waals surface area contributed by atoms with Crippen LogP contribution in [0.25, 0.3) is 0 Å². The van der Waals surface area contributed by atoms with Gasteiger partial charge in [-0.15, -0.1) is 0 Å². The molecule has 1 atom stereocenters. The highest BCUT2D eigenvalue weighted by Gasteiger charge is 2.39. The Morgan fingerprint density at radius 3 is 2.84 bits per heavy atom. The zero-order valence-corrected chi connectivity index (χ0v) is 18.8. The van der Waals surface area contributed by atoms with Crippen LogP contribution in [0.5, 0.6) is 0 Å². The minimum atomic E-state index is -0.241. The van der Waals surface area contributed by atoms with Gasteiger partial charge in [-0.25, -0.2) is 4.79 Å². The quantitative estimate of drug-likeness (QED) is 0.558. The van der Waals surface area contributed by atoms with E-state index in [1.807, 2.05) is 31.5 Å². The predicted molar refractivity (Wildman–Crippen MR) is 117 cm³/mol. The minimum Gasteiger partial charge on any atom is -0.462 e. The molecule has 1 aromatic rings. The van der Waals surface area contributed by atoms with Crippen molar-refractivity contribution in [3.8, 4) is 0 Å². The van der Waals surface area contributed by atoms with Crippen LogP contribution in [0.4, 0.5) is 0 Å². The SMILES string of the molecule is CCc1nn(CCCOC(=O)C2=CC(C)=CC2C)c2c1C(=O)NCC1(CCOCC1)C2. The lowest BCUT2D eigenvalue weighted by Crippen LogP contribution is -2.40. The number of allylic oxidation sites excluding steroid dienone is 3. The molecule has 3 aliphatic rings. The average Bonchev–Trinajstić information content (AvgIpc) is 3.24. The van der Waals surface area contributed by atoms with E-state index in [-0.39, 0.29) is 23.2 Å². The molecule has 168 valence electrons. The first-order valence-electron chi connectivity index (χ1n) is 11.4. The lowest BCUT2D eigenvalue weighted by atomic mass is 9.76. The number of fused-ring (bicyclic) bond motifs is 1. The number of carbonyl (C=O) groups is 2. The van der Waals surface area contributed by atoms with Crippen LogP contribution in [0.3, 0.4) is 0 Å². The zero-order valence-electron chi connectivity index (χ0n) is 18.8. The van der Waals surface area contributed by atoms with Gasteiger partial charge in [-0.1, -0.05) is 25.5 Å². The summed E-state index contributed by atoms with van der Waals surface area (Å²) in [5.41, 5.74) is 4.47. The Kier molecular flexibility index (Phi) is 6.32. The van der Waals surface area contributed by atoms with Crippen molar-refractivity contribution in [1.29, 1.82) is 0 Å². The molecule has 2 aliphatic heterocycles. The number of amides is 1. The highest BCUT2D eigenvalue weighted by molar-refractivity contribution is 5.97. The first-order valence-corrected chi connectivity index (χ1v) is 11.4. The number of aryl methyl sites for hydroxylation is 2. The molecule has 1 spiro atoms. The van der Waals surface area contributed by atoms with Gasteiger partial charge in [-0.2, -0.15) is 5.10 Å². The first-order chi connectivity index (χ1) is 14.9. The van der Waals surface area contributed by atoms with Crippen molar-refractivity contribution < 1.29 is 19.1 Å². The van der Waals surface area contributed by atoms with Crippen molar-refractivity contribution in [3.05, 3.63) is 40.2 Å². The van der Waals surface area contributed by atoms with Crippen LogP contribution in [0.15, 0.2) is 23.3 Å². The molecule has 0 bridgehead atoms. The van der Waals surface area contributed by atoms with Gasteiger partial charge in [0.25, 0.3) is 5.91 Å². The molecular formula is C24H33N3O4. The number of rotatable bonds is 6. The Morgan fingerprint density at radius 2 is 2.16 bits per heavy atom. The highest BCUT2D eigenvalue weighted by Crippen LogP contribution is 2.37. The zero-order chi connectivity index (χ0) is 22.0. The molecule has 1 saturated heterocycles. The van der Waals surface area contributed by atoms with Gasteiger partial charge in [-0.05, 0) is 44.1 Å². The van der Waals surface area contributed by atoms with Gasteiger partial charge in [0.2, 0.25) is 0 Å². The van der Waals surface area contributed by atoms with Crippen LogP contribution < -0.4 is 5.32 Å². The number of esters is 1. The summed E-state index contributed by atoms with van der Waals surface area (Å²) in [6, 6.07) is 0. The van der Waals surface area contributed by atoms with Crippen molar-refractivity contribution in [1.82, 2.24) is 15.1 Å². The Morgan fingerprint density at radius 1 is 1.39 bits per heavy atom. The van der Waals surface area contributed by atoms with Crippen LogP contribution in [0, 0.1) is 11.3 Å². The van der Waals surface area contributed by atoms with E-state index in [0.29, 0.717) is 32.5 Å². The van der Waals surface area contributed by atoms with E-state index in [1.165, 1.54) is 0 Å². The number of carbonyl (C=O) groups excluding carboxylic acids is 2. The van der Waals surface area contributed by atoms with E-state index in [1.54, 1.807) is 0 Å². The van der Waals surface area contributed by atoms with Gasteiger partial charge >= 0.3 is 5.97 Å². The van der Waals surface area contributed by atoms with Crippen molar-refractivity contribution in [2.45, 2.75) is 59.4 Å². The number of aromatic nitrogens is 2. The van der Waals surface area contributed by atoms with Gasteiger partial charge < -0.3 is 14.8 Å². The molecule has 3 heterocycles. The van der Waals surface area contributed by atoms with Crippen molar-refractivity contribution in [2.75, 3.05) is 26.4 Å². The molecule has 7 nitrogen and oxygen atoms in total. The lowest BCUT2D eigenvalue weighted by Gasteiger charge is -2.36. The summed E-state index contributed by atoms with van der Waals surface area (Å²) < 4.78 is 13.1. The molecule has 31 heavy (non-hydrogen) atoms. The summed E-state index contributed by atoms with van der Waals surface area (Å²) >= 11 is 0. The minimum absolute atomic E-state index is 0.0158. The summed E-state index contributed by atoms with van der Waals surface area (Å²) in [5, 5.41) is 7.90. The van der Waals surface area contributed by atoms with Crippen molar-refractivity contribution in [2.24, 2.45) is 11.3 Å². The van der Waals surface area contributed by atoms with E-state index >= 15 is 0 Å². The van der Waals surface area contributed by atoms with Gasteiger partial charge in [-0.3, -0.25) is 9.48 Å². The fourth-order valence-corrected chi connectivity index (χ4v) is 4.97. The van der Waals surface area contributed by atoms with E-state index in [2.05, 4.69) is 11.4 Å². The molecule has 1 amide bonds. The maximum Gasteiger partial charge on any atom is 0.334 e. The van der Waals surface area contributed by atoms with E-state index in [4.69, 9.17) is 14.6 Å². The molecular weight excluding hydrogens is 394 g/mol. The van der Waals surface area contributed by atoms with Gasteiger partial charge in [0.05, 0.1) is 23.6 Å². The second-order valence-corrected chi connectivity index (χ2v) is 9.11. The second-order valence-electron chi connectivity index (χ2n) is 9.11. The average molecular weight is 428 g/mol.